The van der Waals surface area contributed by atoms with Crippen LogP contribution in [-0.4, -0.2) is 66.4 Å². The van der Waals surface area contributed by atoms with E-state index >= 15 is 4.11 Å². The largest absolute Gasteiger partial charge is 0.395 e. The number of aliphatic hydroxyl groups excluding tert-OH is 1. The van der Waals surface area contributed by atoms with Gasteiger partial charge in [-0.15, -0.1) is 0 Å². The fourth-order valence-electron chi connectivity index (χ4n) is 2.41. The van der Waals surface area contributed by atoms with E-state index in [2.05, 4.69) is 16.8 Å². The van der Waals surface area contributed by atoms with E-state index in [1.807, 2.05) is 41.5 Å². The fraction of sp³-hybridized carbons (Fsp3) is 0.889. The Balaban J connectivity index is 3.90. The number of rotatable bonds is 11. The van der Waals surface area contributed by atoms with Gasteiger partial charge in [0.05, 0.1) is 39.8 Å². The van der Waals surface area contributed by atoms with Crippen molar-refractivity contribution in [1.82, 2.24) is 5.32 Å². The summed E-state index contributed by atoms with van der Waals surface area (Å²) >= 11 is 0. The highest BCUT2D eigenvalue weighted by Gasteiger charge is 2.54. The Bertz CT molecular complexity index is 396. The Morgan fingerprint density at radius 2 is 1.44 bits per heavy atom. The first kappa shape index (κ1) is 24.5. The standard InChI is InChI=1S/C18H36FNO4Si/c1-17(2,3)25(19,18(4,5)6)15-7-10-22-11-12-23-13-14-24-16-20-8-9-21/h20-21H,8-14,16H2,1-6H3. The van der Waals surface area contributed by atoms with Crippen LogP contribution in [0.1, 0.15) is 41.5 Å². The molecule has 0 unspecified atom stereocenters. The molecule has 2 N–H and O–H groups in total. The zero-order valence-electron chi connectivity index (χ0n) is 16.7. The van der Waals surface area contributed by atoms with Gasteiger partial charge in [-0.2, -0.15) is 0 Å². The lowest BCUT2D eigenvalue weighted by Crippen LogP contribution is -2.47. The zero-order chi connectivity index (χ0) is 19.4. The molecule has 0 aliphatic carbocycles. The third kappa shape index (κ3) is 9.68. The van der Waals surface area contributed by atoms with E-state index in [0.29, 0.717) is 39.7 Å². The second-order valence-electron chi connectivity index (χ2n) is 7.90. The van der Waals surface area contributed by atoms with Crippen molar-refractivity contribution in [2.24, 2.45) is 0 Å². The molecule has 148 valence electrons. The molecule has 0 fully saturated rings. The van der Waals surface area contributed by atoms with Crippen LogP contribution in [0.4, 0.5) is 4.11 Å². The van der Waals surface area contributed by atoms with Gasteiger partial charge in [-0.3, -0.25) is 9.42 Å². The molecule has 0 amide bonds. The van der Waals surface area contributed by atoms with Gasteiger partial charge in [0.1, 0.15) is 6.61 Å². The van der Waals surface area contributed by atoms with Crippen molar-refractivity contribution >= 4 is 8.41 Å². The number of halogens is 1. The molecule has 0 aliphatic heterocycles. The molecule has 0 aromatic rings. The molecule has 0 heterocycles. The summed E-state index contributed by atoms with van der Waals surface area (Å²) in [7, 11) is -3.26. The normalized spacial score (nSPS) is 12.8. The van der Waals surface area contributed by atoms with Crippen molar-refractivity contribution in [3.8, 4) is 11.5 Å². The second kappa shape index (κ2) is 12.0. The molecule has 0 saturated heterocycles. The van der Waals surface area contributed by atoms with Crippen LogP contribution in [-0.2, 0) is 14.2 Å². The molecule has 0 bridgehead atoms. The van der Waals surface area contributed by atoms with Crippen LogP contribution in [0.15, 0.2) is 0 Å². The average molecular weight is 378 g/mol. The minimum absolute atomic E-state index is 0.0949. The average Bonchev–Trinajstić information content (AvgIpc) is 2.49. The van der Waals surface area contributed by atoms with Crippen molar-refractivity contribution in [3.05, 3.63) is 0 Å². The van der Waals surface area contributed by atoms with Crippen LogP contribution in [0.3, 0.4) is 0 Å². The van der Waals surface area contributed by atoms with Crippen molar-refractivity contribution in [3.63, 3.8) is 0 Å². The highest BCUT2D eigenvalue weighted by molar-refractivity contribution is 6.86. The van der Waals surface area contributed by atoms with Crippen LogP contribution in [0.25, 0.3) is 0 Å². The van der Waals surface area contributed by atoms with Gasteiger partial charge in [0.15, 0.2) is 0 Å². The van der Waals surface area contributed by atoms with Crippen LogP contribution in [0.5, 0.6) is 0 Å². The Kier molecular flexibility index (Phi) is 11.8. The minimum atomic E-state index is -3.26. The molecular formula is C18H36FNO4Si. The smallest absolute Gasteiger partial charge is 0.333 e. The minimum Gasteiger partial charge on any atom is -0.395 e. The van der Waals surface area contributed by atoms with Crippen LogP contribution >= 0.6 is 0 Å². The molecule has 0 aliphatic rings. The molecule has 25 heavy (non-hydrogen) atoms. The summed E-state index contributed by atoms with van der Waals surface area (Å²) in [5.74, 6) is 2.88. The van der Waals surface area contributed by atoms with E-state index < -0.39 is 18.5 Å². The maximum absolute atomic E-state index is 15.5. The molecule has 7 heteroatoms. The number of hydrogen-bond donors (Lipinski definition) is 2. The second-order valence-corrected chi connectivity index (χ2v) is 12.5. The fourth-order valence-corrected chi connectivity index (χ4v) is 5.73. The Morgan fingerprint density at radius 3 is 1.96 bits per heavy atom. The van der Waals surface area contributed by atoms with E-state index in [9.17, 15) is 0 Å². The van der Waals surface area contributed by atoms with Gasteiger partial charge in [0.2, 0.25) is 0 Å². The first-order valence-electron chi connectivity index (χ1n) is 8.80. The van der Waals surface area contributed by atoms with E-state index in [4.69, 9.17) is 19.3 Å². The lowest BCUT2D eigenvalue weighted by Gasteiger charge is -2.40. The Hall–Kier alpha value is -0.493. The molecule has 0 atom stereocenters. The lowest BCUT2D eigenvalue weighted by molar-refractivity contribution is 0.0156. The quantitative estimate of drug-likeness (QED) is 0.191. The zero-order valence-corrected chi connectivity index (χ0v) is 17.7. The van der Waals surface area contributed by atoms with Gasteiger partial charge >= 0.3 is 8.41 Å². The predicted octanol–water partition coefficient (Wildman–Crippen LogP) is 2.63. The SMILES string of the molecule is CC(C)(C)[Si](F)(C#CCOCCOCCOCNCCO)C(C)(C)C. The molecule has 5 nitrogen and oxygen atoms in total. The summed E-state index contributed by atoms with van der Waals surface area (Å²) in [4.78, 5) is 0. The summed E-state index contributed by atoms with van der Waals surface area (Å²) in [5.41, 5.74) is 2.92. The first-order valence-corrected chi connectivity index (χ1v) is 10.7. The third-order valence-electron chi connectivity index (χ3n) is 3.74. The summed E-state index contributed by atoms with van der Waals surface area (Å²) in [5, 5.41) is 10.6. The van der Waals surface area contributed by atoms with Gasteiger partial charge in [-0.25, -0.2) is 0 Å². The topological polar surface area (TPSA) is 60.0 Å². The van der Waals surface area contributed by atoms with Crippen molar-refractivity contribution in [2.45, 2.75) is 51.6 Å². The maximum atomic E-state index is 15.5. The van der Waals surface area contributed by atoms with E-state index in [-0.39, 0.29) is 13.2 Å². The molecule has 0 rings (SSSR count). The van der Waals surface area contributed by atoms with E-state index in [1.54, 1.807) is 0 Å². The first-order chi connectivity index (χ1) is 11.6. The third-order valence-corrected chi connectivity index (χ3v) is 8.39. The monoisotopic (exact) mass is 377 g/mol. The van der Waals surface area contributed by atoms with Crippen LogP contribution < -0.4 is 5.32 Å². The molecule has 0 radical (unpaired) electrons. The number of nitrogens with one attached hydrogen (secondary N) is 1. The molecule has 0 saturated carbocycles. The Morgan fingerprint density at radius 1 is 0.920 bits per heavy atom. The van der Waals surface area contributed by atoms with Crippen molar-refractivity contribution in [1.29, 1.82) is 0 Å². The van der Waals surface area contributed by atoms with Gasteiger partial charge < -0.3 is 19.3 Å². The van der Waals surface area contributed by atoms with Gasteiger partial charge in [-0.1, -0.05) is 53.0 Å². The molecular weight excluding hydrogens is 341 g/mol. The van der Waals surface area contributed by atoms with Crippen LogP contribution in [0.2, 0.25) is 10.1 Å². The summed E-state index contributed by atoms with van der Waals surface area (Å²) < 4.78 is 31.5. The number of ether oxygens (including phenoxy) is 3. The molecule has 0 aromatic heterocycles. The van der Waals surface area contributed by atoms with Gasteiger partial charge in [0, 0.05) is 6.54 Å². The van der Waals surface area contributed by atoms with Crippen LogP contribution in [0, 0.1) is 11.5 Å². The van der Waals surface area contributed by atoms with E-state index in [0.717, 1.165) is 0 Å². The van der Waals surface area contributed by atoms with Crippen molar-refractivity contribution in [2.75, 3.05) is 52.9 Å². The van der Waals surface area contributed by atoms with Gasteiger partial charge in [-0.05, 0) is 10.1 Å². The summed E-state index contributed by atoms with van der Waals surface area (Å²) in [6, 6.07) is 0. The van der Waals surface area contributed by atoms with Crippen molar-refractivity contribution < 1.29 is 23.4 Å². The highest BCUT2D eigenvalue weighted by atomic mass is 28.4. The molecule has 0 aromatic carbocycles. The maximum Gasteiger partial charge on any atom is 0.333 e. The predicted molar refractivity (Wildman–Crippen MR) is 102 cm³/mol. The van der Waals surface area contributed by atoms with Gasteiger partial charge in [0.25, 0.3) is 0 Å². The highest BCUT2D eigenvalue weighted by Crippen LogP contribution is 2.51. The summed E-state index contributed by atoms with van der Waals surface area (Å²) in [6.07, 6.45) is 0. The number of aliphatic hydroxyl groups is 1. The molecule has 0 spiro atoms. The number of hydrogen-bond acceptors (Lipinski definition) is 5. The lowest BCUT2D eigenvalue weighted by atomic mass is 10.2. The van der Waals surface area contributed by atoms with E-state index in [1.165, 1.54) is 0 Å². The Labute approximate surface area is 153 Å². The summed E-state index contributed by atoms with van der Waals surface area (Å²) in [6.45, 7) is 14.6.